The molecule has 1 unspecified atom stereocenters. The molecule has 0 bridgehead atoms. The van der Waals surface area contributed by atoms with Gasteiger partial charge in [-0.3, -0.25) is 4.79 Å². The van der Waals surface area contributed by atoms with Crippen LogP contribution in [0.3, 0.4) is 0 Å². The average Bonchev–Trinajstić information content (AvgIpc) is 3.24. The molecule has 2 aliphatic rings. The summed E-state index contributed by atoms with van der Waals surface area (Å²) in [4.78, 5) is 10.9. The summed E-state index contributed by atoms with van der Waals surface area (Å²) in [7, 11) is 0. The van der Waals surface area contributed by atoms with Crippen LogP contribution in [0.2, 0.25) is 0 Å². The van der Waals surface area contributed by atoms with E-state index in [2.05, 4.69) is 0 Å². The van der Waals surface area contributed by atoms with Gasteiger partial charge in [-0.25, -0.2) is 0 Å². The Bertz CT molecular complexity index is 986. The van der Waals surface area contributed by atoms with E-state index in [0.717, 1.165) is 11.6 Å². The predicted octanol–water partition coefficient (Wildman–Crippen LogP) is 5.36. The Morgan fingerprint density at radius 2 is 1.90 bits per heavy atom. The first-order valence-electron chi connectivity index (χ1n) is 9.30. The molecule has 9 heteroatoms. The minimum Gasteiger partial charge on any atom is -0.492 e. The molecule has 2 aromatic rings. The van der Waals surface area contributed by atoms with E-state index in [1.807, 2.05) is 0 Å². The molecule has 4 rings (SSSR count). The molecule has 1 aliphatic heterocycles. The summed E-state index contributed by atoms with van der Waals surface area (Å²) in [5.74, 6) is -5.30. The van der Waals surface area contributed by atoms with Gasteiger partial charge in [-0.2, -0.15) is 22.0 Å². The second-order valence-electron chi connectivity index (χ2n) is 7.40. The number of hydrogen-bond donors (Lipinski definition) is 1. The molecule has 1 heterocycles. The minimum atomic E-state index is -5.68. The zero-order valence-corrected chi connectivity index (χ0v) is 15.5. The highest BCUT2D eigenvalue weighted by Crippen LogP contribution is 2.49. The third-order valence-electron chi connectivity index (χ3n) is 5.47. The quantitative estimate of drug-likeness (QED) is 0.652. The molecule has 0 radical (unpaired) electrons. The number of hydrogen-bond acceptors (Lipinski definition) is 3. The Morgan fingerprint density at radius 1 is 1.13 bits per heavy atom. The Balaban J connectivity index is 1.57. The first-order valence-corrected chi connectivity index (χ1v) is 9.30. The molecule has 1 aliphatic carbocycles. The fraction of sp³-hybridized carbons (Fsp3) is 0.381. The van der Waals surface area contributed by atoms with Crippen molar-refractivity contribution in [1.82, 2.24) is 0 Å². The van der Waals surface area contributed by atoms with Crippen molar-refractivity contribution < 1.29 is 41.3 Å². The van der Waals surface area contributed by atoms with Crippen LogP contribution in [0.15, 0.2) is 36.4 Å². The van der Waals surface area contributed by atoms with E-state index in [4.69, 9.17) is 14.6 Å². The number of rotatable bonds is 5. The zero-order valence-electron chi connectivity index (χ0n) is 15.5. The van der Waals surface area contributed by atoms with Crippen LogP contribution in [0.5, 0.6) is 11.5 Å². The third kappa shape index (κ3) is 3.46. The van der Waals surface area contributed by atoms with Crippen LogP contribution in [0.1, 0.15) is 47.1 Å². The first kappa shape index (κ1) is 20.4. The number of alkyl halides is 5. The molecule has 0 saturated carbocycles. The molecule has 2 aromatic carbocycles. The lowest BCUT2D eigenvalue weighted by Gasteiger charge is -2.23. The smallest absolute Gasteiger partial charge is 0.458 e. The molecule has 0 saturated heterocycles. The molecule has 0 amide bonds. The minimum absolute atomic E-state index is 0.0382. The van der Waals surface area contributed by atoms with Gasteiger partial charge in [0.15, 0.2) is 0 Å². The van der Waals surface area contributed by atoms with Gasteiger partial charge in [-0.15, -0.1) is 0 Å². The number of benzene rings is 2. The van der Waals surface area contributed by atoms with Crippen LogP contribution in [0.4, 0.5) is 22.0 Å². The molecule has 0 fully saturated rings. The van der Waals surface area contributed by atoms with Gasteiger partial charge in [0.2, 0.25) is 0 Å². The molecule has 2 atom stereocenters. The van der Waals surface area contributed by atoms with Crippen LogP contribution in [0.25, 0.3) is 0 Å². The standard InChI is InChI=1S/C21H17F5O4/c22-20(23,21(24,25)26)16-3-1-2-15-14(16)6-7-17(15)30-12-4-5-13-11(8-19(27)28)10-29-18(13)9-12/h1-5,9,11,17H,6-8,10H2,(H,27,28)/t11?,17-/m1/s1. The number of aliphatic carboxylic acids is 1. The maximum atomic E-state index is 13.9. The van der Waals surface area contributed by atoms with E-state index in [-0.39, 0.29) is 37.4 Å². The van der Waals surface area contributed by atoms with Crippen molar-refractivity contribution in [2.24, 2.45) is 0 Å². The maximum absolute atomic E-state index is 13.9. The van der Waals surface area contributed by atoms with Gasteiger partial charge >= 0.3 is 18.1 Å². The summed E-state index contributed by atoms with van der Waals surface area (Å²) < 4.78 is 77.8. The second kappa shape index (κ2) is 7.14. The first-order chi connectivity index (χ1) is 14.1. The molecule has 160 valence electrons. The number of carboxylic acid groups (broad SMARTS) is 1. The lowest BCUT2D eigenvalue weighted by atomic mass is 9.97. The Morgan fingerprint density at radius 3 is 2.60 bits per heavy atom. The lowest BCUT2D eigenvalue weighted by Crippen LogP contribution is -2.34. The van der Waals surface area contributed by atoms with Crippen LogP contribution in [-0.4, -0.2) is 23.9 Å². The maximum Gasteiger partial charge on any atom is 0.458 e. The Labute approximate surface area is 168 Å². The van der Waals surface area contributed by atoms with Crippen molar-refractivity contribution in [3.63, 3.8) is 0 Å². The predicted molar refractivity (Wildman–Crippen MR) is 95.0 cm³/mol. The van der Waals surface area contributed by atoms with Crippen LogP contribution in [-0.2, 0) is 17.1 Å². The summed E-state index contributed by atoms with van der Waals surface area (Å²) in [5, 5.41) is 8.96. The fourth-order valence-electron chi connectivity index (χ4n) is 4.06. The molecule has 30 heavy (non-hydrogen) atoms. The van der Waals surface area contributed by atoms with Crippen molar-refractivity contribution in [2.75, 3.05) is 6.61 Å². The summed E-state index contributed by atoms with van der Waals surface area (Å²) in [5.41, 5.74) is -0.0265. The molecule has 1 N–H and O–H groups in total. The number of halogens is 5. The highest BCUT2D eigenvalue weighted by atomic mass is 19.4. The number of fused-ring (bicyclic) bond motifs is 2. The van der Waals surface area contributed by atoms with Crippen molar-refractivity contribution in [1.29, 1.82) is 0 Å². The Hall–Kier alpha value is -2.84. The highest BCUT2D eigenvalue weighted by Gasteiger charge is 2.60. The highest BCUT2D eigenvalue weighted by molar-refractivity contribution is 5.68. The molecule has 0 aromatic heterocycles. The monoisotopic (exact) mass is 428 g/mol. The molecule has 0 spiro atoms. The zero-order chi connectivity index (χ0) is 21.7. The van der Waals surface area contributed by atoms with E-state index in [1.165, 1.54) is 12.1 Å². The molecule has 4 nitrogen and oxygen atoms in total. The Kier molecular flexibility index (Phi) is 4.86. The van der Waals surface area contributed by atoms with Crippen LogP contribution in [0, 0.1) is 0 Å². The van der Waals surface area contributed by atoms with Gasteiger partial charge in [0, 0.05) is 23.1 Å². The summed E-state index contributed by atoms with van der Waals surface area (Å²) in [6.45, 7) is 0.229. The number of carboxylic acids is 1. The van der Waals surface area contributed by atoms with E-state index in [1.54, 1.807) is 18.2 Å². The molecular formula is C21H17F5O4. The van der Waals surface area contributed by atoms with Crippen molar-refractivity contribution in [3.05, 3.63) is 58.7 Å². The van der Waals surface area contributed by atoms with Gasteiger partial charge in [0.25, 0.3) is 0 Å². The van der Waals surface area contributed by atoms with E-state index in [9.17, 15) is 26.7 Å². The van der Waals surface area contributed by atoms with Crippen molar-refractivity contribution >= 4 is 5.97 Å². The topological polar surface area (TPSA) is 55.8 Å². The van der Waals surface area contributed by atoms with Gasteiger partial charge in [0.05, 0.1) is 13.0 Å². The van der Waals surface area contributed by atoms with Gasteiger partial charge in [0.1, 0.15) is 17.6 Å². The second-order valence-corrected chi connectivity index (χ2v) is 7.40. The van der Waals surface area contributed by atoms with E-state index < -0.39 is 29.7 Å². The lowest BCUT2D eigenvalue weighted by molar-refractivity contribution is -0.289. The van der Waals surface area contributed by atoms with Crippen molar-refractivity contribution in [3.8, 4) is 11.5 Å². The number of ether oxygens (including phenoxy) is 2. The molecular weight excluding hydrogens is 411 g/mol. The summed E-state index contributed by atoms with van der Waals surface area (Å²) in [6, 6.07) is 8.38. The number of carbonyl (C=O) groups is 1. The SMILES string of the molecule is O=C(O)CC1COc2cc(O[C@@H]3CCc4c3cccc4C(F)(F)C(F)(F)F)ccc21. The van der Waals surface area contributed by atoms with Gasteiger partial charge < -0.3 is 14.6 Å². The van der Waals surface area contributed by atoms with E-state index in [0.29, 0.717) is 17.1 Å². The fourth-order valence-corrected chi connectivity index (χ4v) is 4.06. The third-order valence-corrected chi connectivity index (χ3v) is 5.47. The van der Waals surface area contributed by atoms with Crippen LogP contribution >= 0.6 is 0 Å². The summed E-state index contributed by atoms with van der Waals surface area (Å²) >= 11 is 0. The van der Waals surface area contributed by atoms with Crippen molar-refractivity contribution in [2.45, 2.75) is 43.4 Å². The largest absolute Gasteiger partial charge is 0.492 e. The van der Waals surface area contributed by atoms with E-state index >= 15 is 0 Å². The van der Waals surface area contributed by atoms with Crippen LogP contribution < -0.4 is 9.47 Å². The summed E-state index contributed by atoms with van der Waals surface area (Å²) in [6.07, 6.45) is -6.10. The normalized spacial score (nSPS) is 20.4. The van der Waals surface area contributed by atoms with Gasteiger partial charge in [-0.1, -0.05) is 24.3 Å². The van der Waals surface area contributed by atoms with Gasteiger partial charge in [-0.05, 0) is 30.0 Å². The average molecular weight is 428 g/mol.